The van der Waals surface area contributed by atoms with Crippen LogP contribution in [0.4, 0.5) is 5.69 Å². The number of nitrogens with zero attached hydrogens (tertiary/aromatic N) is 1. The fraction of sp³-hybridized carbons (Fsp3) is 0.323. The van der Waals surface area contributed by atoms with Crippen molar-refractivity contribution in [1.29, 1.82) is 0 Å². The molecule has 1 heterocycles. The molecule has 1 aliphatic heterocycles. The first-order valence-electron chi connectivity index (χ1n) is 13.3. The number of hydrogen-bond donors (Lipinski definition) is 0. The van der Waals surface area contributed by atoms with Gasteiger partial charge in [0.25, 0.3) is 5.69 Å². The van der Waals surface area contributed by atoms with Crippen LogP contribution < -0.4 is 9.47 Å². The highest BCUT2D eigenvalue weighted by atomic mass is 16.6. The zero-order chi connectivity index (χ0) is 30.4. The van der Waals surface area contributed by atoms with E-state index in [2.05, 4.69) is 0 Å². The summed E-state index contributed by atoms with van der Waals surface area (Å²) in [5.74, 6) is -3.35. The van der Waals surface area contributed by atoms with Crippen LogP contribution in [0.15, 0.2) is 72.8 Å². The zero-order valence-corrected chi connectivity index (χ0v) is 23.6. The summed E-state index contributed by atoms with van der Waals surface area (Å²) < 4.78 is 28.3. The second-order valence-corrected chi connectivity index (χ2v) is 9.42. The summed E-state index contributed by atoms with van der Waals surface area (Å²) in [6.07, 6.45) is -2.58. The first kappa shape index (κ1) is 30.2. The van der Waals surface area contributed by atoms with Gasteiger partial charge in [-0.2, -0.15) is 0 Å². The fourth-order valence-electron chi connectivity index (χ4n) is 5.33. The number of rotatable bonds is 11. The van der Waals surface area contributed by atoms with Crippen molar-refractivity contribution < 1.29 is 43.0 Å². The molecule has 220 valence electrons. The highest BCUT2D eigenvalue weighted by molar-refractivity contribution is 6.10. The lowest BCUT2D eigenvalue weighted by molar-refractivity contribution is -0.384. The number of Topliss-reactive ketones (excluding diaryl/α,β-unsaturated/α-hetero) is 1. The van der Waals surface area contributed by atoms with Gasteiger partial charge < -0.3 is 23.7 Å². The third-order valence-corrected chi connectivity index (χ3v) is 7.20. The van der Waals surface area contributed by atoms with Crippen molar-refractivity contribution in [1.82, 2.24) is 0 Å². The number of nitro groups is 1. The predicted molar refractivity (Wildman–Crippen MR) is 149 cm³/mol. The van der Waals surface area contributed by atoms with Crippen LogP contribution in [0.3, 0.4) is 0 Å². The molecule has 1 saturated heterocycles. The number of esters is 2. The quantitative estimate of drug-likeness (QED) is 0.100. The van der Waals surface area contributed by atoms with Gasteiger partial charge in [-0.05, 0) is 49.2 Å². The number of ether oxygens (including phenoxy) is 5. The minimum atomic E-state index is -2.30. The Morgan fingerprint density at radius 3 is 1.93 bits per heavy atom. The van der Waals surface area contributed by atoms with Gasteiger partial charge in [0.15, 0.2) is 17.3 Å². The number of carbonyl (C=O) groups is 3. The van der Waals surface area contributed by atoms with E-state index in [0.29, 0.717) is 22.6 Å². The van der Waals surface area contributed by atoms with Crippen LogP contribution >= 0.6 is 0 Å². The van der Waals surface area contributed by atoms with Crippen LogP contribution in [0.2, 0.25) is 0 Å². The summed E-state index contributed by atoms with van der Waals surface area (Å²) >= 11 is 0. The monoisotopic (exact) mass is 577 g/mol. The van der Waals surface area contributed by atoms with Crippen LogP contribution in [0.5, 0.6) is 11.5 Å². The number of nitro benzene ring substituents is 1. The molecule has 0 radical (unpaired) electrons. The van der Waals surface area contributed by atoms with Crippen molar-refractivity contribution in [2.45, 2.75) is 26.1 Å². The molecule has 3 aromatic carbocycles. The van der Waals surface area contributed by atoms with E-state index in [9.17, 15) is 24.5 Å². The summed E-state index contributed by atoms with van der Waals surface area (Å²) in [6, 6.07) is 18.3. The Morgan fingerprint density at radius 1 is 0.833 bits per heavy atom. The van der Waals surface area contributed by atoms with Gasteiger partial charge in [-0.1, -0.05) is 36.4 Å². The molecule has 0 aromatic heterocycles. The van der Waals surface area contributed by atoms with Crippen LogP contribution in [0.25, 0.3) is 0 Å². The number of hydrogen-bond acceptors (Lipinski definition) is 10. The first-order chi connectivity index (χ1) is 20.2. The molecule has 0 unspecified atom stereocenters. The molecule has 3 atom stereocenters. The smallest absolute Gasteiger partial charge is 0.327 e. The molecule has 0 aliphatic carbocycles. The maximum atomic E-state index is 14.4. The number of ketones is 1. The lowest BCUT2D eigenvalue weighted by Crippen LogP contribution is -2.51. The van der Waals surface area contributed by atoms with Gasteiger partial charge in [0.05, 0.1) is 44.4 Å². The van der Waals surface area contributed by atoms with E-state index in [4.69, 9.17) is 23.7 Å². The number of carbonyl (C=O) groups excluding carboxylic acids is 3. The van der Waals surface area contributed by atoms with Gasteiger partial charge in [-0.15, -0.1) is 0 Å². The molecule has 42 heavy (non-hydrogen) atoms. The Kier molecular flexibility index (Phi) is 9.21. The first-order valence-corrected chi connectivity index (χ1v) is 13.3. The van der Waals surface area contributed by atoms with Crippen molar-refractivity contribution in [2.24, 2.45) is 11.3 Å². The number of non-ortho nitro benzene ring substituents is 1. The Morgan fingerprint density at radius 2 is 1.40 bits per heavy atom. The van der Waals surface area contributed by atoms with E-state index >= 15 is 0 Å². The van der Waals surface area contributed by atoms with E-state index in [1.165, 1.54) is 38.5 Å². The highest BCUT2D eigenvalue weighted by Gasteiger charge is 2.70. The second kappa shape index (κ2) is 12.8. The van der Waals surface area contributed by atoms with E-state index in [0.717, 1.165) is 0 Å². The largest absolute Gasteiger partial charge is 0.493 e. The van der Waals surface area contributed by atoms with Gasteiger partial charge >= 0.3 is 11.9 Å². The molecule has 3 aromatic rings. The van der Waals surface area contributed by atoms with Crippen LogP contribution in [-0.4, -0.2) is 50.1 Å². The molecule has 0 saturated carbocycles. The highest BCUT2D eigenvalue weighted by Crippen LogP contribution is 2.60. The number of methoxy groups -OCH3 is 2. The summed E-state index contributed by atoms with van der Waals surface area (Å²) in [5, 5.41) is 11.3. The zero-order valence-electron chi connectivity index (χ0n) is 23.6. The molecule has 11 nitrogen and oxygen atoms in total. The predicted octanol–water partition coefficient (Wildman–Crippen LogP) is 5.04. The van der Waals surface area contributed by atoms with Gasteiger partial charge in [-0.3, -0.25) is 24.5 Å². The standard InChI is InChI=1S/C31H31NO10/c1-5-40-29(34)31(30(35)41-6-2)25(26(33)19-10-8-7-9-11-19)27(20-12-15-22(16-13-20)32(36)37)42-28(31)21-14-17-23(38-3)24(18-21)39-4/h7-18,25,27-28H,5-6H2,1-4H3/t25-,27-,28+/m1/s1. The van der Waals surface area contributed by atoms with Gasteiger partial charge in [-0.25, -0.2) is 0 Å². The minimum Gasteiger partial charge on any atom is -0.493 e. The summed E-state index contributed by atoms with van der Waals surface area (Å²) in [6.45, 7) is 2.99. The Bertz CT molecular complexity index is 1440. The van der Waals surface area contributed by atoms with Gasteiger partial charge in [0.1, 0.15) is 6.10 Å². The number of benzene rings is 3. The van der Waals surface area contributed by atoms with Crippen molar-refractivity contribution in [2.75, 3.05) is 27.4 Å². The van der Waals surface area contributed by atoms with E-state index in [-0.39, 0.29) is 24.5 Å². The molecule has 1 aliphatic rings. The minimum absolute atomic E-state index is 0.0902. The molecule has 1 fully saturated rings. The average molecular weight is 578 g/mol. The van der Waals surface area contributed by atoms with E-state index in [1.807, 2.05) is 0 Å². The Labute approximate surface area is 242 Å². The van der Waals surface area contributed by atoms with E-state index in [1.54, 1.807) is 62.4 Å². The van der Waals surface area contributed by atoms with Crippen molar-refractivity contribution in [3.63, 3.8) is 0 Å². The molecule has 0 spiro atoms. The molecule has 0 N–H and O–H groups in total. The molecular formula is C31H31NO10. The maximum Gasteiger partial charge on any atom is 0.327 e. The lowest BCUT2D eigenvalue weighted by atomic mass is 9.66. The van der Waals surface area contributed by atoms with Crippen molar-refractivity contribution >= 4 is 23.4 Å². The SMILES string of the molecule is CCOC(=O)C1(C(=O)OCC)[C@H](C(=O)c2ccccc2)[C@@H](c2ccc([N+](=O)[O-])cc2)O[C@H]1c1ccc(OC)c(OC)c1. The van der Waals surface area contributed by atoms with Crippen molar-refractivity contribution in [3.8, 4) is 11.5 Å². The van der Waals surface area contributed by atoms with Gasteiger partial charge in [0, 0.05) is 17.7 Å². The second-order valence-electron chi connectivity index (χ2n) is 9.42. The molecule has 0 bridgehead atoms. The normalized spacial score (nSPS) is 19.0. The van der Waals surface area contributed by atoms with Crippen LogP contribution in [0, 0.1) is 21.4 Å². The topological polar surface area (TPSA) is 141 Å². The summed E-state index contributed by atoms with van der Waals surface area (Å²) in [4.78, 5) is 53.4. The third kappa shape index (κ3) is 5.30. The van der Waals surface area contributed by atoms with Crippen molar-refractivity contribution in [3.05, 3.63) is 99.6 Å². The summed E-state index contributed by atoms with van der Waals surface area (Å²) in [5.41, 5.74) is -1.59. The molecular weight excluding hydrogens is 546 g/mol. The molecule has 4 rings (SSSR count). The fourth-order valence-corrected chi connectivity index (χ4v) is 5.33. The Balaban J connectivity index is 2.04. The van der Waals surface area contributed by atoms with E-state index < -0.39 is 46.2 Å². The van der Waals surface area contributed by atoms with Crippen LogP contribution in [0.1, 0.15) is 47.5 Å². The maximum absolute atomic E-state index is 14.4. The lowest BCUT2D eigenvalue weighted by Gasteiger charge is -2.34. The summed E-state index contributed by atoms with van der Waals surface area (Å²) in [7, 11) is 2.90. The molecule has 11 heteroatoms. The van der Waals surface area contributed by atoms with Crippen LogP contribution in [-0.2, 0) is 23.8 Å². The molecule has 0 amide bonds. The Hall–Kier alpha value is -4.77. The van der Waals surface area contributed by atoms with Gasteiger partial charge in [0.2, 0.25) is 5.41 Å². The third-order valence-electron chi connectivity index (χ3n) is 7.20. The average Bonchev–Trinajstić information content (AvgIpc) is 3.38.